The third-order valence-electron chi connectivity index (χ3n) is 5.17. The van der Waals surface area contributed by atoms with Gasteiger partial charge in [0.05, 0.1) is 18.9 Å². The van der Waals surface area contributed by atoms with Crippen LogP contribution in [0, 0.1) is 5.82 Å². The normalized spacial score (nSPS) is 21.8. The Morgan fingerprint density at radius 1 is 1.24 bits per heavy atom. The first-order valence-electron chi connectivity index (χ1n) is 9.05. The van der Waals surface area contributed by atoms with Gasteiger partial charge >= 0.3 is 0 Å². The maximum absolute atomic E-state index is 14.6. The van der Waals surface area contributed by atoms with Gasteiger partial charge in [-0.3, -0.25) is 9.58 Å². The fourth-order valence-electron chi connectivity index (χ4n) is 3.84. The molecule has 0 N–H and O–H groups in total. The van der Waals surface area contributed by atoms with E-state index >= 15 is 0 Å². The summed E-state index contributed by atoms with van der Waals surface area (Å²) in [5.41, 5.74) is 2.96. The highest BCUT2D eigenvalue weighted by Gasteiger charge is 2.26. The molecule has 2 fully saturated rings. The Morgan fingerprint density at radius 2 is 2.08 bits per heavy atom. The van der Waals surface area contributed by atoms with Crippen molar-refractivity contribution in [2.75, 3.05) is 37.7 Å². The zero-order valence-corrected chi connectivity index (χ0v) is 14.7. The van der Waals surface area contributed by atoms with E-state index in [4.69, 9.17) is 4.74 Å². The van der Waals surface area contributed by atoms with Crippen LogP contribution in [0.25, 0.3) is 0 Å². The minimum Gasteiger partial charge on any atom is -0.371 e. The van der Waals surface area contributed by atoms with Crippen LogP contribution in [-0.2, 0) is 18.3 Å². The van der Waals surface area contributed by atoms with Crippen LogP contribution in [0.3, 0.4) is 0 Å². The van der Waals surface area contributed by atoms with Crippen molar-refractivity contribution in [3.63, 3.8) is 0 Å². The lowest BCUT2D eigenvalue weighted by molar-refractivity contribution is -0.0332. The number of aromatic nitrogens is 2. The molecular weight excluding hydrogens is 319 g/mol. The number of aryl methyl sites for hydroxylation is 1. The van der Waals surface area contributed by atoms with E-state index in [1.165, 1.54) is 12.8 Å². The summed E-state index contributed by atoms with van der Waals surface area (Å²) in [5.74, 6) is -0.103. The molecule has 1 atom stereocenters. The lowest BCUT2D eigenvalue weighted by atomic mass is 10.1. The minimum absolute atomic E-state index is 0.00413. The van der Waals surface area contributed by atoms with Crippen molar-refractivity contribution in [2.45, 2.75) is 25.5 Å². The van der Waals surface area contributed by atoms with Crippen molar-refractivity contribution in [1.29, 1.82) is 0 Å². The van der Waals surface area contributed by atoms with Gasteiger partial charge in [0.2, 0.25) is 0 Å². The maximum Gasteiger partial charge on any atom is 0.129 e. The van der Waals surface area contributed by atoms with Crippen LogP contribution in [0.5, 0.6) is 0 Å². The molecule has 5 nitrogen and oxygen atoms in total. The van der Waals surface area contributed by atoms with Gasteiger partial charge in [0.25, 0.3) is 0 Å². The summed E-state index contributed by atoms with van der Waals surface area (Å²) in [6.07, 6.45) is 6.23. The molecule has 4 rings (SSSR count). The van der Waals surface area contributed by atoms with Gasteiger partial charge in [-0.15, -0.1) is 0 Å². The predicted molar refractivity (Wildman–Crippen MR) is 95.0 cm³/mol. The first-order chi connectivity index (χ1) is 12.2. The lowest BCUT2D eigenvalue weighted by Gasteiger charge is -2.33. The molecule has 1 aromatic heterocycles. The first-order valence-corrected chi connectivity index (χ1v) is 9.05. The van der Waals surface area contributed by atoms with Gasteiger partial charge in [-0.1, -0.05) is 6.07 Å². The second-order valence-electron chi connectivity index (χ2n) is 6.97. The Hall–Kier alpha value is -1.92. The Bertz CT molecular complexity index is 726. The SMILES string of the molecule is Cn1cc([C@@H]2CN(Cc3c(F)cccc3N3CCCC3)CCO2)cn1. The summed E-state index contributed by atoms with van der Waals surface area (Å²) in [5, 5.41) is 4.23. The molecule has 2 aliphatic rings. The lowest BCUT2D eigenvalue weighted by Crippen LogP contribution is -2.38. The van der Waals surface area contributed by atoms with E-state index in [0.717, 1.165) is 43.0 Å². The second kappa shape index (κ2) is 7.14. The van der Waals surface area contributed by atoms with Crippen molar-refractivity contribution >= 4 is 5.69 Å². The van der Waals surface area contributed by atoms with Crippen LogP contribution in [0.15, 0.2) is 30.6 Å². The highest BCUT2D eigenvalue weighted by molar-refractivity contribution is 5.54. The molecule has 134 valence electrons. The standard InChI is InChI=1S/C19H25FN4O/c1-22-12-15(11-21-22)19-14-23(9-10-25-19)13-16-17(20)5-4-6-18(16)24-7-2-3-8-24/h4-6,11-12,19H,2-3,7-10,13-14H2,1H3/t19-/m0/s1. The van der Waals surface area contributed by atoms with Crippen molar-refractivity contribution in [1.82, 2.24) is 14.7 Å². The number of morpholine rings is 1. The summed E-state index contributed by atoms with van der Waals surface area (Å²) >= 11 is 0. The van der Waals surface area contributed by atoms with E-state index in [0.29, 0.717) is 13.2 Å². The second-order valence-corrected chi connectivity index (χ2v) is 6.97. The molecule has 2 aliphatic heterocycles. The molecule has 0 aliphatic carbocycles. The number of halogens is 1. The number of rotatable bonds is 4. The van der Waals surface area contributed by atoms with E-state index < -0.39 is 0 Å². The van der Waals surface area contributed by atoms with Crippen molar-refractivity contribution in [3.8, 4) is 0 Å². The van der Waals surface area contributed by atoms with Crippen LogP contribution in [0.1, 0.15) is 30.1 Å². The molecule has 2 saturated heterocycles. The number of hydrogen-bond acceptors (Lipinski definition) is 4. The average Bonchev–Trinajstić information content (AvgIpc) is 3.29. The van der Waals surface area contributed by atoms with Crippen LogP contribution in [-0.4, -0.2) is 47.5 Å². The maximum atomic E-state index is 14.6. The molecule has 6 heteroatoms. The molecular formula is C19H25FN4O. The zero-order chi connectivity index (χ0) is 17.2. The Labute approximate surface area is 148 Å². The third-order valence-corrected chi connectivity index (χ3v) is 5.17. The molecule has 2 aromatic rings. The van der Waals surface area contributed by atoms with E-state index in [9.17, 15) is 4.39 Å². The Kier molecular flexibility index (Phi) is 4.72. The smallest absolute Gasteiger partial charge is 0.129 e. The predicted octanol–water partition coefficient (Wildman–Crippen LogP) is 2.73. The largest absolute Gasteiger partial charge is 0.371 e. The van der Waals surface area contributed by atoms with Gasteiger partial charge in [-0.05, 0) is 25.0 Å². The highest BCUT2D eigenvalue weighted by atomic mass is 19.1. The molecule has 0 radical (unpaired) electrons. The van der Waals surface area contributed by atoms with Crippen molar-refractivity contribution in [2.24, 2.45) is 7.05 Å². The average molecular weight is 344 g/mol. The highest BCUT2D eigenvalue weighted by Crippen LogP contribution is 2.29. The van der Waals surface area contributed by atoms with Gasteiger partial charge in [0, 0.05) is 62.8 Å². The fourth-order valence-corrected chi connectivity index (χ4v) is 3.84. The summed E-state index contributed by atoms with van der Waals surface area (Å²) in [7, 11) is 1.91. The molecule has 0 spiro atoms. The summed E-state index contributed by atoms with van der Waals surface area (Å²) in [6.45, 7) is 4.92. The van der Waals surface area contributed by atoms with E-state index in [1.54, 1.807) is 10.7 Å². The summed E-state index contributed by atoms with van der Waals surface area (Å²) in [4.78, 5) is 4.61. The molecule has 3 heterocycles. The van der Waals surface area contributed by atoms with Crippen molar-refractivity contribution in [3.05, 3.63) is 47.5 Å². The minimum atomic E-state index is -0.103. The number of hydrogen-bond donors (Lipinski definition) is 0. The van der Waals surface area contributed by atoms with E-state index in [1.807, 2.05) is 25.5 Å². The Balaban J connectivity index is 1.51. The van der Waals surface area contributed by atoms with E-state index in [-0.39, 0.29) is 11.9 Å². The van der Waals surface area contributed by atoms with Crippen LogP contribution in [0.4, 0.5) is 10.1 Å². The van der Waals surface area contributed by atoms with Crippen molar-refractivity contribution < 1.29 is 9.13 Å². The van der Waals surface area contributed by atoms with Crippen LogP contribution < -0.4 is 4.90 Å². The molecule has 0 saturated carbocycles. The molecule has 0 amide bonds. The van der Waals surface area contributed by atoms with E-state index in [2.05, 4.69) is 21.0 Å². The molecule has 25 heavy (non-hydrogen) atoms. The molecule has 1 aromatic carbocycles. The van der Waals surface area contributed by atoms with Gasteiger partial charge in [-0.25, -0.2) is 4.39 Å². The van der Waals surface area contributed by atoms with Gasteiger partial charge in [-0.2, -0.15) is 5.10 Å². The van der Waals surface area contributed by atoms with Gasteiger partial charge < -0.3 is 9.64 Å². The topological polar surface area (TPSA) is 33.5 Å². The number of ether oxygens (including phenoxy) is 1. The fraction of sp³-hybridized carbons (Fsp3) is 0.526. The molecule has 0 bridgehead atoms. The number of benzene rings is 1. The first kappa shape index (κ1) is 16.5. The quantitative estimate of drug-likeness (QED) is 0.854. The summed E-state index contributed by atoms with van der Waals surface area (Å²) in [6, 6.07) is 5.46. The molecule has 0 unspecified atom stereocenters. The van der Waals surface area contributed by atoms with Crippen LogP contribution >= 0.6 is 0 Å². The number of nitrogens with zero attached hydrogens (tertiary/aromatic N) is 4. The van der Waals surface area contributed by atoms with Crippen LogP contribution in [0.2, 0.25) is 0 Å². The monoisotopic (exact) mass is 344 g/mol. The van der Waals surface area contributed by atoms with Gasteiger partial charge in [0.15, 0.2) is 0 Å². The third kappa shape index (κ3) is 3.55. The van der Waals surface area contributed by atoms with Gasteiger partial charge in [0.1, 0.15) is 5.82 Å². The number of anilines is 1. The zero-order valence-electron chi connectivity index (χ0n) is 14.7. The summed E-state index contributed by atoms with van der Waals surface area (Å²) < 4.78 is 22.3. The Morgan fingerprint density at radius 3 is 2.84 bits per heavy atom.